The van der Waals surface area contributed by atoms with Crippen molar-refractivity contribution >= 4 is 33.9 Å². The molecule has 0 saturated carbocycles. The predicted molar refractivity (Wildman–Crippen MR) is 130 cm³/mol. The molecule has 34 heavy (non-hydrogen) atoms. The van der Waals surface area contributed by atoms with E-state index in [1.807, 2.05) is 17.0 Å². The fourth-order valence-corrected chi connectivity index (χ4v) is 4.24. The lowest BCUT2D eigenvalue weighted by atomic mass is 10.1. The number of nitro benzene ring substituents is 1. The highest BCUT2D eigenvalue weighted by atomic mass is 16.6. The molecule has 0 atom stereocenters. The number of nitrogens with one attached hydrogen (secondary N) is 1. The average molecular weight is 455 g/mol. The molecule has 2 heterocycles. The summed E-state index contributed by atoms with van der Waals surface area (Å²) in [5.41, 5.74) is 2.32. The Bertz CT molecular complexity index is 1450. The fourth-order valence-electron chi connectivity index (χ4n) is 4.24. The highest BCUT2D eigenvalue weighted by Crippen LogP contribution is 2.32. The number of nitro groups is 1. The highest BCUT2D eigenvalue weighted by molar-refractivity contribution is 6.05. The van der Waals surface area contributed by atoms with Crippen molar-refractivity contribution in [3.8, 4) is 11.1 Å². The molecule has 8 heteroatoms. The topological polar surface area (TPSA) is 106 Å². The van der Waals surface area contributed by atoms with E-state index in [9.17, 15) is 19.7 Å². The Morgan fingerprint density at radius 1 is 0.971 bits per heavy atom. The van der Waals surface area contributed by atoms with E-state index in [1.54, 1.807) is 54.6 Å². The third kappa shape index (κ3) is 4.13. The van der Waals surface area contributed by atoms with Gasteiger partial charge in [-0.25, -0.2) is 4.79 Å². The first kappa shape index (κ1) is 21.4. The van der Waals surface area contributed by atoms with Crippen LogP contribution in [0.3, 0.4) is 0 Å². The van der Waals surface area contributed by atoms with Crippen molar-refractivity contribution < 1.29 is 14.1 Å². The lowest BCUT2D eigenvalue weighted by Gasteiger charge is -2.17. The largest absolute Gasteiger partial charge is 0.422 e. The van der Waals surface area contributed by atoms with Crippen LogP contribution in [0.4, 0.5) is 17.1 Å². The smallest absolute Gasteiger partial charge is 0.344 e. The summed E-state index contributed by atoms with van der Waals surface area (Å²) < 4.78 is 5.39. The van der Waals surface area contributed by atoms with Gasteiger partial charge < -0.3 is 14.6 Å². The second kappa shape index (κ2) is 8.82. The first-order valence-corrected chi connectivity index (χ1v) is 11.0. The molecule has 0 unspecified atom stereocenters. The van der Waals surface area contributed by atoms with Gasteiger partial charge in [0.25, 0.3) is 11.6 Å². The van der Waals surface area contributed by atoms with Gasteiger partial charge in [0.2, 0.25) is 0 Å². The summed E-state index contributed by atoms with van der Waals surface area (Å²) >= 11 is 0. The van der Waals surface area contributed by atoms with Crippen molar-refractivity contribution in [3.05, 3.63) is 98.9 Å². The molecule has 8 nitrogen and oxygen atoms in total. The molecular weight excluding hydrogens is 434 g/mol. The number of para-hydroxylation sites is 1. The van der Waals surface area contributed by atoms with E-state index < -0.39 is 16.5 Å². The first-order chi connectivity index (χ1) is 16.5. The van der Waals surface area contributed by atoms with Gasteiger partial charge in [-0.05, 0) is 54.8 Å². The summed E-state index contributed by atoms with van der Waals surface area (Å²) in [7, 11) is 0. The van der Waals surface area contributed by atoms with Crippen LogP contribution in [0.1, 0.15) is 23.2 Å². The van der Waals surface area contributed by atoms with Crippen LogP contribution in [0.25, 0.3) is 22.1 Å². The average Bonchev–Trinajstić information content (AvgIpc) is 3.38. The number of carbonyl (C=O) groups is 1. The summed E-state index contributed by atoms with van der Waals surface area (Å²) in [6.07, 6.45) is 1.99. The van der Waals surface area contributed by atoms with Crippen molar-refractivity contribution in [2.75, 3.05) is 23.3 Å². The molecular formula is C26H21N3O5. The molecule has 0 bridgehead atoms. The van der Waals surface area contributed by atoms with Crippen molar-refractivity contribution in [3.63, 3.8) is 0 Å². The number of fused-ring (bicyclic) bond motifs is 1. The SMILES string of the molecule is O=C(Nc1ccc(-c2cc3ccccc3oc2=O)cc1)c1ccc(N2CCCC2)c([N+](=O)[O-])c1. The molecule has 3 aromatic carbocycles. The summed E-state index contributed by atoms with van der Waals surface area (Å²) in [4.78, 5) is 38.3. The van der Waals surface area contributed by atoms with Gasteiger partial charge in [-0.3, -0.25) is 14.9 Å². The van der Waals surface area contributed by atoms with E-state index >= 15 is 0 Å². The van der Waals surface area contributed by atoms with Gasteiger partial charge in [-0.2, -0.15) is 0 Å². The molecule has 4 aromatic rings. The van der Waals surface area contributed by atoms with Gasteiger partial charge in [0.1, 0.15) is 11.3 Å². The third-order valence-corrected chi connectivity index (χ3v) is 5.98. The third-order valence-electron chi connectivity index (χ3n) is 5.98. The summed E-state index contributed by atoms with van der Waals surface area (Å²) in [5.74, 6) is -0.450. The van der Waals surface area contributed by atoms with Crippen molar-refractivity contribution in [1.82, 2.24) is 0 Å². The first-order valence-electron chi connectivity index (χ1n) is 11.0. The van der Waals surface area contributed by atoms with E-state index in [0.717, 1.165) is 31.3 Å². The van der Waals surface area contributed by atoms with Crippen LogP contribution < -0.4 is 15.8 Å². The zero-order valence-corrected chi connectivity index (χ0v) is 18.2. The van der Waals surface area contributed by atoms with Crippen LogP contribution in [0.5, 0.6) is 0 Å². The molecule has 5 rings (SSSR count). The number of carbonyl (C=O) groups excluding carboxylic acids is 1. The molecule has 1 amide bonds. The van der Waals surface area contributed by atoms with E-state index in [4.69, 9.17) is 4.42 Å². The van der Waals surface area contributed by atoms with Crippen molar-refractivity contribution in [2.45, 2.75) is 12.8 Å². The second-order valence-corrected chi connectivity index (χ2v) is 8.17. The number of hydrogen-bond donors (Lipinski definition) is 1. The molecule has 1 aromatic heterocycles. The van der Waals surface area contributed by atoms with Crippen molar-refractivity contribution in [1.29, 1.82) is 0 Å². The monoisotopic (exact) mass is 455 g/mol. The number of rotatable bonds is 5. The van der Waals surface area contributed by atoms with Crippen LogP contribution in [0.15, 0.2) is 82.0 Å². The zero-order chi connectivity index (χ0) is 23.7. The van der Waals surface area contributed by atoms with Crippen LogP contribution >= 0.6 is 0 Å². The maximum Gasteiger partial charge on any atom is 0.344 e. The van der Waals surface area contributed by atoms with Gasteiger partial charge in [0.05, 0.1) is 10.5 Å². The van der Waals surface area contributed by atoms with E-state index in [-0.39, 0.29) is 11.3 Å². The normalized spacial score (nSPS) is 13.2. The van der Waals surface area contributed by atoms with Crippen LogP contribution in [-0.2, 0) is 0 Å². The minimum Gasteiger partial charge on any atom is -0.422 e. The number of nitrogens with zero attached hydrogens (tertiary/aromatic N) is 2. The Balaban J connectivity index is 1.37. The van der Waals surface area contributed by atoms with E-state index in [1.165, 1.54) is 6.07 Å². The Morgan fingerprint density at radius 2 is 1.71 bits per heavy atom. The molecule has 1 N–H and O–H groups in total. The van der Waals surface area contributed by atoms with Crippen LogP contribution in [-0.4, -0.2) is 23.9 Å². The second-order valence-electron chi connectivity index (χ2n) is 8.17. The Hall–Kier alpha value is -4.46. The van der Waals surface area contributed by atoms with Crippen LogP contribution in [0.2, 0.25) is 0 Å². The standard InChI is InChI=1S/C26H21N3O5/c30-25(19-9-12-22(23(16-19)29(32)33)28-13-3-4-14-28)27-20-10-7-17(8-11-20)21-15-18-5-1-2-6-24(18)34-26(21)31/h1-2,5-12,15-16H,3-4,13-14H2,(H,27,30). The van der Waals surface area contributed by atoms with E-state index in [2.05, 4.69) is 5.32 Å². The molecule has 170 valence electrons. The van der Waals surface area contributed by atoms with Gasteiger partial charge >= 0.3 is 5.63 Å². The Labute approximate surface area is 194 Å². The number of benzene rings is 3. The van der Waals surface area contributed by atoms with Crippen LogP contribution in [0, 0.1) is 10.1 Å². The Kier molecular flexibility index (Phi) is 5.55. The molecule has 0 spiro atoms. The maximum absolute atomic E-state index is 12.8. The quantitative estimate of drug-likeness (QED) is 0.251. The van der Waals surface area contributed by atoms with Crippen molar-refractivity contribution in [2.24, 2.45) is 0 Å². The molecule has 1 saturated heterocycles. The lowest BCUT2D eigenvalue weighted by Crippen LogP contribution is -2.19. The molecule has 0 aliphatic carbocycles. The maximum atomic E-state index is 12.8. The van der Waals surface area contributed by atoms with Gasteiger partial charge in [0, 0.05) is 35.8 Å². The number of hydrogen-bond acceptors (Lipinski definition) is 6. The summed E-state index contributed by atoms with van der Waals surface area (Å²) in [6, 6.07) is 20.4. The van der Waals surface area contributed by atoms with Gasteiger partial charge in [-0.15, -0.1) is 0 Å². The lowest BCUT2D eigenvalue weighted by molar-refractivity contribution is -0.384. The minimum absolute atomic E-state index is 0.0760. The predicted octanol–water partition coefficient (Wildman–Crippen LogP) is 5.22. The Morgan fingerprint density at radius 3 is 2.44 bits per heavy atom. The van der Waals surface area contributed by atoms with E-state index in [0.29, 0.717) is 28.1 Å². The zero-order valence-electron chi connectivity index (χ0n) is 18.2. The molecule has 1 aliphatic heterocycles. The summed E-state index contributed by atoms with van der Waals surface area (Å²) in [6.45, 7) is 1.54. The number of anilines is 2. The molecule has 1 aliphatic rings. The fraction of sp³-hybridized carbons (Fsp3) is 0.154. The minimum atomic E-state index is -0.450. The molecule has 1 fully saturated rings. The molecule has 0 radical (unpaired) electrons. The summed E-state index contributed by atoms with van der Waals surface area (Å²) in [5, 5.41) is 15.2. The number of amides is 1. The highest BCUT2D eigenvalue weighted by Gasteiger charge is 2.24. The van der Waals surface area contributed by atoms with Gasteiger partial charge in [-0.1, -0.05) is 30.3 Å². The van der Waals surface area contributed by atoms with Gasteiger partial charge in [0.15, 0.2) is 0 Å².